The molecule has 0 saturated carbocycles. The average Bonchev–Trinajstić information content (AvgIpc) is 3.03. The minimum Gasteiger partial charge on any atom is -0.388 e. The van der Waals surface area contributed by atoms with Crippen molar-refractivity contribution in [1.29, 1.82) is 0 Å². The second-order valence-corrected chi connectivity index (χ2v) is 9.25. The molecule has 0 bridgehead atoms. The number of fused-ring (bicyclic) bond motifs is 1. The van der Waals surface area contributed by atoms with Crippen LogP contribution in [0.2, 0.25) is 0 Å². The van der Waals surface area contributed by atoms with Gasteiger partial charge in [-0.25, -0.2) is 4.98 Å². The fraction of sp³-hybridized carbons (Fsp3) is 0.545. The Morgan fingerprint density at radius 1 is 1.21 bits per heavy atom. The van der Waals surface area contributed by atoms with E-state index in [9.17, 15) is 9.90 Å². The summed E-state index contributed by atoms with van der Waals surface area (Å²) in [6, 6.07) is 8.58. The molecule has 0 aliphatic carbocycles. The van der Waals surface area contributed by atoms with Gasteiger partial charge < -0.3 is 15.7 Å². The number of benzene rings is 1. The number of aryl methyl sites for hydroxylation is 1. The lowest BCUT2D eigenvalue weighted by Crippen LogP contribution is -2.45. The van der Waals surface area contributed by atoms with Crippen LogP contribution in [0.5, 0.6) is 0 Å². The molecular weight excluding hydrogens is 384 g/mol. The number of aromatic nitrogens is 1. The third kappa shape index (κ3) is 5.15. The Morgan fingerprint density at radius 3 is 2.83 bits per heavy atom. The van der Waals surface area contributed by atoms with Gasteiger partial charge in [0, 0.05) is 44.5 Å². The highest BCUT2D eigenvalue weighted by atomic mass is 32.1. The SMILES string of the molecule is Nc1nc(CCC(=O)N2CCC[C@](O)(CN3CCc4ccccc4C3)CC2)cs1. The van der Waals surface area contributed by atoms with Gasteiger partial charge in [0.1, 0.15) is 0 Å². The number of hydrogen-bond acceptors (Lipinski definition) is 6. The molecule has 29 heavy (non-hydrogen) atoms. The molecule has 2 aromatic rings. The van der Waals surface area contributed by atoms with Crippen molar-refractivity contribution in [2.24, 2.45) is 0 Å². The maximum Gasteiger partial charge on any atom is 0.222 e. The summed E-state index contributed by atoms with van der Waals surface area (Å²) in [6.07, 6.45) is 4.34. The molecular formula is C22H30N4O2S. The van der Waals surface area contributed by atoms with Crippen LogP contribution in [0.25, 0.3) is 0 Å². The fourth-order valence-electron chi connectivity index (χ4n) is 4.52. The first kappa shape index (κ1) is 20.3. The summed E-state index contributed by atoms with van der Waals surface area (Å²) in [6.45, 7) is 3.92. The smallest absolute Gasteiger partial charge is 0.222 e. The number of thiazole rings is 1. The lowest BCUT2D eigenvalue weighted by molar-refractivity contribution is -0.131. The largest absolute Gasteiger partial charge is 0.388 e. The summed E-state index contributed by atoms with van der Waals surface area (Å²) in [5, 5.41) is 13.7. The first-order valence-corrected chi connectivity index (χ1v) is 11.4. The Hall–Kier alpha value is -1.96. The second kappa shape index (κ2) is 8.81. The van der Waals surface area contributed by atoms with Crippen LogP contribution in [0, 0.1) is 0 Å². The summed E-state index contributed by atoms with van der Waals surface area (Å²) < 4.78 is 0. The standard InChI is InChI=1S/C22H30N4O2S/c23-21-24-19(15-29-21)6-7-20(27)26-11-3-9-22(28,10-13-26)16-25-12-8-17-4-1-2-5-18(17)14-25/h1-2,4-5,15,28H,3,6-14,16H2,(H2,23,24)/t22-/m1/s1. The maximum absolute atomic E-state index is 12.6. The van der Waals surface area contributed by atoms with E-state index >= 15 is 0 Å². The van der Waals surface area contributed by atoms with E-state index in [-0.39, 0.29) is 5.91 Å². The Balaban J connectivity index is 1.29. The molecule has 1 amide bonds. The van der Waals surface area contributed by atoms with Gasteiger partial charge in [-0.05, 0) is 43.2 Å². The molecule has 3 heterocycles. The molecule has 1 aromatic heterocycles. The zero-order valence-electron chi connectivity index (χ0n) is 16.8. The van der Waals surface area contributed by atoms with Crippen LogP contribution in [-0.4, -0.2) is 57.6 Å². The monoisotopic (exact) mass is 414 g/mol. The summed E-state index contributed by atoms with van der Waals surface area (Å²) in [5.41, 5.74) is 8.63. The van der Waals surface area contributed by atoms with Crippen LogP contribution in [0.1, 0.15) is 42.5 Å². The highest BCUT2D eigenvalue weighted by Gasteiger charge is 2.34. The number of β-amino-alcohol motifs (C(OH)–C–C–N with tert-alkyl or cyclic N) is 1. The molecule has 1 aromatic carbocycles. The van der Waals surface area contributed by atoms with E-state index in [2.05, 4.69) is 34.1 Å². The first-order valence-electron chi connectivity index (χ1n) is 10.5. The van der Waals surface area contributed by atoms with Crippen LogP contribution < -0.4 is 5.73 Å². The molecule has 2 aliphatic heterocycles. The zero-order valence-corrected chi connectivity index (χ0v) is 17.7. The number of carbonyl (C=O) groups is 1. The van der Waals surface area contributed by atoms with Gasteiger partial charge in [-0.2, -0.15) is 0 Å². The Bertz CT molecular complexity index is 855. The van der Waals surface area contributed by atoms with Crippen molar-refractivity contribution in [3.8, 4) is 0 Å². The molecule has 1 saturated heterocycles. The zero-order chi connectivity index (χ0) is 20.3. The van der Waals surface area contributed by atoms with Crippen LogP contribution in [0.4, 0.5) is 5.13 Å². The molecule has 0 spiro atoms. The number of amides is 1. The Morgan fingerprint density at radius 2 is 2.03 bits per heavy atom. The van der Waals surface area contributed by atoms with E-state index < -0.39 is 5.60 Å². The maximum atomic E-state index is 12.6. The van der Waals surface area contributed by atoms with E-state index in [0.29, 0.717) is 37.5 Å². The van der Waals surface area contributed by atoms with Gasteiger partial charge in [0.2, 0.25) is 5.91 Å². The van der Waals surface area contributed by atoms with Gasteiger partial charge in [0.15, 0.2) is 5.13 Å². The molecule has 156 valence electrons. The number of rotatable bonds is 5. The highest BCUT2D eigenvalue weighted by Crippen LogP contribution is 2.27. The van der Waals surface area contributed by atoms with Gasteiger partial charge in [-0.3, -0.25) is 9.69 Å². The average molecular weight is 415 g/mol. The van der Waals surface area contributed by atoms with E-state index in [0.717, 1.165) is 44.6 Å². The van der Waals surface area contributed by atoms with Crippen molar-refractivity contribution in [3.63, 3.8) is 0 Å². The van der Waals surface area contributed by atoms with Gasteiger partial charge in [-0.15, -0.1) is 11.3 Å². The number of carbonyl (C=O) groups excluding carboxylic acids is 1. The number of nitrogen functional groups attached to an aromatic ring is 1. The third-order valence-corrected chi connectivity index (χ3v) is 6.88. The molecule has 0 radical (unpaired) electrons. The van der Waals surface area contributed by atoms with Gasteiger partial charge >= 0.3 is 0 Å². The van der Waals surface area contributed by atoms with Crippen molar-refractivity contribution < 1.29 is 9.90 Å². The molecule has 6 nitrogen and oxygen atoms in total. The number of aliphatic hydroxyl groups is 1. The summed E-state index contributed by atoms with van der Waals surface area (Å²) in [5.74, 6) is 0.146. The lowest BCUT2D eigenvalue weighted by Gasteiger charge is -2.36. The van der Waals surface area contributed by atoms with E-state index in [4.69, 9.17) is 5.73 Å². The highest BCUT2D eigenvalue weighted by molar-refractivity contribution is 7.13. The first-order chi connectivity index (χ1) is 14.0. The molecule has 1 atom stereocenters. The molecule has 7 heteroatoms. The predicted molar refractivity (Wildman–Crippen MR) is 116 cm³/mol. The van der Waals surface area contributed by atoms with Crippen molar-refractivity contribution in [2.75, 3.05) is 31.9 Å². The van der Waals surface area contributed by atoms with E-state index in [1.807, 2.05) is 10.3 Å². The number of nitrogens with zero attached hydrogens (tertiary/aromatic N) is 3. The van der Waals surface area contributed by atoms with E-state index in [1.165, 1.54) is 22.5 Å². The van der Waals surface area contributed by atoms with Crippen LogP contribution in [0.15, 0.2) is 29.6 Å². The van der Waals surface area contributed by atoms with Crippen molar-refractivity contribution in [1.82, 2.24) is 14.8 Å². The van der Waals surface area contributed by atoms with Crippen LogP contribution in [-0.2, 0) is 24.2 Å². The minimum absolute atomic E-state index is 0.146. The van der Waals surface area contributed by atoms with E-state index in [1.54, 1.807) is 0 Å². The van der Waals surface area contributed by atoms with Crippen molar-refractivity contribution in [2.45, 2.75) is 50.7 Å². The fourth-order valence-corrected chi connectivity index (χ4v) is 5.12. The summed E-state index contributed by atoms with van der Waals surface area (Å²) >= 11 is 1.41. The van der Waals surface area contributed by atoms with Crippen LogP contribution >= 0.6 is 11.3 Å². The molecule has 4 rings (SSSR count). The van der Waals surface area contributed by atoms with Crippen molar-refractivity contribution >= 4 is 22.4 Å². The molecule has 1 fully saturated rings. The Kier molecular flexibility index (Phi) is 6.18. The normalized spacial score (nSPS) is 22.9. The number of hydrogen-bond donors (Lipinski definition) is 2. The predicted octanol–water partition coefficient (Wildman–Crippen LogP) is 2.46. The quantitative estimate of drug-likeness (QED) is 0.785. The summed E-state index contributed by atoms with van der Waals surface area (Å²) in [7, 11) is 0. The molecule has 3 N–H and O–H groups in total. The van der Waals surface area contributed by atoms with Gasteiger partial charge in [0.05, 0.1) is 11.3 Å². The molecule has 0 unspecified atom stereocenters. The van der Waals surface area contributed by atoms with Crippen molar-refractivity contribution in [3.05, 3.63) is 46.5 Å². The van der Waals surface area contributed by atoms with Gasteiger partial charge in [-0.1, -0.05) is 24.3 Å². The van der Waals surface area contributed by atoms with Gasteiger partial charge in [0.25, 0.3) is 0 Å². The second-order valence-electron chi connectivity index (χ2n) is 8.37. The topological polar surface area (TPSA) is 82.7 Å². The lowest BCUT2D eigenvalue weighted by atomic mass is 9.92. The number of anilines is 1. The minimum atomic E-state index is -0.718. The molecule has 2 aliphatic rings. The van der Waals surface area contributed by atoms with Crippen LogP contribution in [0.3, 0.4) is 0 Å². The third-order valence-electron chi connectivity index (χ3n) is 6.16. The summed E-state index contributed by atoms with van der Waals surface area (Å²) in [4.78, 5) is 21.2. The number of likely N-dealkylation sites (tertiary alicyclic amines) is 1. The number of nitrogens with two attached hydrogens (primary N) is 1. The Labute approximate surface area is 176 Å².